The molecule has 0 spiro atoms. The van der Waals surface area contributed by atoms with Crippen LogP contribution < -0.4 is 10.4 Å². The maximum absolute atomic E-state index is 12.9. The lowest BCUT2D eigenvalue weighted by Gasteiger charge is -2.39. The van der Waals surface area contributed by atoms with Gasteiger partial charge in [0.1, 0.15) is 11.3 Å². The lowest BCUT2D eigenvalue weighted by Crippen LogP contribution is -2.50. The van der Waals surface area contributed by atoms with Crippen molar-refractivity contribution in [3.63, 3.8) is 0 Å². The third-order valence-electron chi connectivity index (χ3n) is 7.55. The molecule has 0 atom stereocenters. The van der Waals surface area contributed by atoms with Crippen LogP contribution in [0.15, 0.2) is 88.1 Å². The van der Waals surface area contributed by atoms with Crippen LogP contribution in [0.4, 0.5) is 0 Å². The molecule has 1 aliphatic rings. The lowest BCUT2D eigenvalue weighted by molar-refractivity contribution is -0.148. The van der Waals surface area contributed by atoms with Gasteiger partial charge in [0.15, 0.2) is 6.61 Å². The van der Waals surface area contributed by atoms with Gasteiger partial charge in [0, 0.05) is 36.5 Å². The molecule has 0 bridgehead atoms. The Bertz CT molecular complexity index is 1520. The Kier molecular flexibility index (Phi) is 7.01. The molecule has 38 heavy (non-hydrogen) atoms. The number of fused-ring (bicyclic) bond motifs is 1. The molecule has 0 unspecified atom stereocenters. The molecule has 2 heterocycles. The number of ether oxygens (including phenoxy) is 1. The first-order valence-corrected chi connectivity index (χ1v) is 12.7. The Morgan fingerprint density at radius 1 is 0.974 bits per heavy atom. The quantitative estimate of drug-likeness (QED) is 0.361. The second kappa shape index (κ2) is 10.5. The van der Waals surface area contributed by atoms with E-state index in [1.807, 2.05) is 73.7 Å². The van der Waals surface area contributed by atoms with Gasteiger partial charge in [-0.15, -0.1) is 0 Å². The molecular formula is C31H29NO6. The fourth-order valence-corrected chi connectivity index (χ4v) is 5.23. The van der Waals surface area contributed by atoms with Gasteiger partial charge in [-0.25, -0.2) is 4.79 Å². The lowest BCUT2D eigenvalue weighted by atomic mass is 9.73. The number of amides is 1. The van der Waals surface area contributed by atoms with Crippen LogP contribution in [0.25, 0.3) is 11.0 Å². The monoisotopic (exact) mass is 511 g/mol. The molecule has 0 saturated carbocycles. The highest BCUT2D eigenvalue weighted by atomic mass is 16.5. The van der Waals surface area contributed by atoms with Crippen molar-refractivity contribution >= 4 is 22.8 Å². The van der Waals surface area contributed by atoms with Gasteiger partial charge in [-0.3, -0.25) is 9.59 Å². The number of carboxylic acids is 1. The summed E-state index contributed by atoms with van der Waals surface area (Å²) in [5.74, 6) is -0.662. The van der Waals surface area contributed by atoms with Crippen molar-refractivity contribution in [2.45, 2.75) is 31.6 Å². The molecule has 1 amide bonds. The minimum absolute atomic E-state index is 0.188. The van der Waals surface area contributed by atoms with Gasteiger partial charge in [0.05, 0.1) is 5.41 Å². The molecule has 7 heteroatoms. The number of carboxylic acid groups (broad SMARTS) is 1. The summed E-state index contributed by atoms with van der Waals surface area (Å²) in [5, 5.41) is 10.8. The Labute approximate surface area is 220 Å². The zero-order valence-electron chi connectivity index (χ0n) is 21.2. The average molecular weight is 512 g/mol. The molecule has 1 saturated heterocycles. The normalized spacial score (nSPS) is 14.8. The van der Waals surface area contributed by atoms with Crippen LogP contribution in [0.1, 0.15) is 35.1 Å². The number of piperidine rings is 1. The predicted octanol–water partition coefficient (Wildman–Crippen LogP) is 4.72. The van der Waals surface area contributed by atoms with Crippen molar-refractivity contribution in [2.24, 2.45) is 0 Å². The Morgan fingerprint density at radius 3 is 2.29 bits per heavy atom. The fourth-order valence-electron chi connectivity index (χ4n) is 5.23. The molecule has 0 aliphatic carbocycles. The van der Waals surface area contributed by atoms with E-state index in [0.29, 0.717) is 49.2 Å². The van der Waals surface area contributed by atoms with Gasteiger partial charge in [0.2, 0.25) is 0 Å². The van der Waals surface area contributed by atoms with Crippen molar-refractivity contribution in [1.29, 1.82) is 0 Å². The zero-order valence-corrected chi connectivity index (χ0v) is 21.2. The van der Waals surface area contributed by atoms with E-state index in [1.54, 1.807) is 17.0 Å². The first kappa shape index (κ1) is 25.3. The van der Waals surface area contributed by atoms with Gasteiger partial charge in [0.25, 0.3) is 5.91 Å². The maximum Gasteiger partial charge on any atom is 0.340 e. The van der Waals surface area contributed by atoms with Crippen LogP contribution in [0, 0.1) is 6.92 Å². The summed E-state index contributed by atoms with van der Waals surface area (Å²) in [7, 11) is 0. The third kappa shape index (κ3) is 4.92. The molecule has 1 aliphatic heterocycles. The number of hydrogen-bond acceptors (Lipinski definition) is 5. The first-order valence-electron chi connectivity index (χ1n) is 12.7. The Hall–Kier alpha value is -4.39. The topological polar surface area (TPSA) is 97.0 Å². The second-order valence-electron chi connectivity index (χ2n) is 9.74. The fraction of sp³-hybridized carbons (Fsp3) is 0.258. The molecule has 7 nitrogen and oxygen atoms in total. The number of likely N-dealkylation sites (tertiary alicyclic amines) is 1. The molecule has 194 valence electrons. The molecule has 5 rings (SSSR count). The number of nitrogens with zero attached hydrogens (tertiary/aromatic N) is 1. The largest absolute Gasteiger partial charge is 0.484 e. The van der Waals surface area contributed by atoms with Gasteiger partial charge in [-0.1, -0.05) is 60.7 Å². The number of benzene rings is 3. The SMILES string of the molecule is Cc1c(Cc2ccccc2)c(=O)oc2cc(OCC(=O)N3CCC(C(=O)O)(c4ccccc4)CC3)ccc12. The minimum atomic E-state index is -0.994. The minimum Gasteiger partial charge on any atom is -0.484 e. The summed E-state index contributed by atoms with van der Waals surface area (Å²) in [6.45, 7) is 2.38. The molecule has 1 aromatic heterocycles. The number of aryl methyl sites for hydroxylation is 1. The summed E-state index contributed by atoms with van der Waals surface area (Å²) in [4.78, 5) is 39.4. The van der Waals surface area contributed by atoms with Crippen LogP contribution >= 0.6 is 0 Å². The third-order valence-corrected chi connectivity index (χ3v) is 7.55. The smallest absolute Gasteiger partial charge is 0.340 e. The summed E-state index contributed by atoms with van der Waals surface area (Å²) < 4.78 is 11.4. The number of carbonyl (C=O) groups excluding carboxylic acids is 1. The van der Waals surface area contributed by atoms with Crippen LogP contribution in [0.5, 0.6) is 5.75 Å². The van der Waals surface area contributed by atoms with E-state index in [9.17, 15) is 19.5 Å². The van der Waals surface area contributed by atoms with Crippen LogP contribution in [0.3, 0.4) is 0 Å². The van der Waals surface area contributed by atoms with E-state index in [1.165, 1.54) is 0 Å². The van der Waals surface area contributed by atoms with E-state index in [0.717, 1.165) is 22.1 Å². The number of hydrogen-bond donors (Lipinski definition) is 1. The number of carbonyl (C=O) groups is 2. The van der Waals surface area contributed by atoms with Crippen LogP contribution in [0.2, 0.25) is 0 Å². The summed E-state index contributed by atoms with van der Waals surface area (Å²) in [6, 6.07) is 24.2. The van der Waals surface area contributed by atoms with Crippen molar-refractivity contribution in [2.75, 3.05) is 19.7 Å². The van der Waals surface area contributed by atoms with Gasteiger partial charge in [-0.05, 0) is 48.6 Å². The second-order valence-corrected chi connectivity index (χ2v) is 9.74. The number of aliphatic carboxylic acids is 1. The molecule has 1 fully saturated rings. The highest BCUT2D eigenvalue weighted by Crippen LogP contribution is 2.36. The van der Waals surface area contributed by atoms with Gasteiger partial charge in [-0.2, -0.15) is 0 Å². The van der Waals surface area contributed by atoms with E-state index in [-0.39, 0.29) is 18.1 Å². The van der Waals surface area contributed by atoms with E-state index < -0.39 is 11.4 Å². The van der Waals surface area contributed by atoms with Crippen LogP contribution in [-0.4, -0.2) is 41.6 Å². The Balaban J connectivity index is 1.25. The van der Waals surface area contributed by atoms with E-state index in [4.69, 9.17) is 9.15 Å². The van der Waals surface area contributed by atoms with Crippen molar-refractivity contribution < 1.29 is 23.8 Å². The summed E-state index contributed by atoms with van der Waals surface area (Å²) in [5.41, 5.74) is 2.29. The van der Waals surface area contributed by atoms with Crippen LogP contribution in [-0.2, 0) is 21.4 Å². The molecule has 1 N–H and O–H groups in total. The summed E-state index contributed by atoms with van der Waals surface area (Å²) in [6.07, 6.45) is 1.16. The summed E-state index contributed by atoms with van der Waals surface area (Å²) >= 11 is 0. The molecular weight excluding hydrogens is 482 g/mol. The van der Waals surface area contributed by atoms with Crippen molar-refractivity contribution in [3.05, 3.63) is 112 Å². The van der Waals surface area contributed by atoms with Crippen molar-refractivity contribution in [3.8, 4) is 5.75 Å². The van der Waals surface area contributed by atoms with E-state index >= 15 is 0 Å². The first-order chi connectivity index (χ1) is 18.4. The van der Waals surface area contributed by atoms with E-state index in [2.05, 4.69) is 0 Å². The highest BCUT2D eigenvalue weighted by molar-refractivity contribution is 5.84. The number of rotatable bonds is 7. The van der Waals surface area contributed by atoms with Crippen molar-refractivity contribution in [1.82, 2.24) is 4.90 Å². The van der Waals surface area contributed by atoms with Gasteiger partial charge < -0.3 is 19.2 Å². The van der Waals surface area contributed by atoms with Gasteiger partial charge >= 0.3 is 11.6 Å². The predicted molar refractivity (Wildman–Crippen MR) is 144 cm³/mol. The zero-order chi connectivity index (χ0) is 26.7. The maximum atomic E-state index is 12.9. The standard InChI is InChI=1S/C31H29NO6/c1-21-25-13-12-24(19-27(25)38-29(34)26(21)18-22-8-4-2-5-9-22)37-20-28(33)32-16-14-31(15-17-32,30(35)36)23-10-6-3-7-11-23/h2-13,19H,14-18,20H2,1H3,(H,35,36). The molecule has 3 aromatic carbocycles. The average Bonchev–Trinajstić information content (AvgIpc) is 2.94. The highest BCUT2D eigenvalue weighted by Gasteiger charge is 2.43. The Morgan fingerprint density at radius 2 is 1.63 bits per heavy atom. The molecule has 0 radical (unpaired) electrons. The molecule has 4 aromatic rings.